The number of likely N-dealkylation sites (tertiary alicyclic amines) is 1. The lowest BCUT2D eigenvalue weighted by atomic mass is 9.68. The molecule has 132 valence electrons. The van der Waals surface area contributed by atoms with Gasteiger partial charge in [0.15, 0.2) is 0 Å². The Morgan fingerprint density at radius 3 is 2.96 bits per heavy atom. The van der Waals surface area contributed by atoms with Crippen LogP contribution in [0.25, 0.3) is 0 Å². The lowest BCUT2D eigenvalue weighted by molar-refractivity contribution is 0.220. The van der Waals surface area contributed by atoms with Crippen molar-refractivity contribution < 1.29 is 4.74 Å². The highest BCUT2D eigenvalue weighted by Gasteiger charge is 2.61. The number of hydrogen-bond acceptors (Lipinski definition) is 2. The summed E-state index contributed by atoms with van der Waals surface area (Å²) in [6, 6.07) is 7.32. The molecule has 3 aliphatic rings. The fourth-order valence-corrected chi connectivity index (χ4v) is 5.88. The number of allylic oxidation sites excluding steroid dienone is 3. The molecule has 0 aromatic heterocycles. The Balaban J connectivity index is 1.70. The number of benzene rings is 1. The Morgan fingerprint density at radius 1 is 1.40 bits per heavy atom. The summed E-state index contributed by atoms with van der Waals surface area (Å²) in [4.78, 5) is 2.69. The molecular formula is C23H29NO. The van der Waals surface area contributed by atoms with Gasteiger partial charge in [0, 0.05) is 30.1 Å². The van der Waals surface area contributed by atoms with Gasteiger partial charge in [0.2, 0.25) is 0 Å². The summed E-state index contributed by atoms with van der Waals surface area (Å²) in [5.74, 6) is 1.09. The van der Waals surface area contributed by atoms with E-state index in [1.807, 2.05) is 13.2 Å². The molecule has 3 atom stereocenters. The van der Waals surface area contributed by atoms with Gasteiger partial charge in [-0.25, -0.2) is 0 Å². The highest BCUT2D eigenvalue weighted by Crippen LogP contribution is 2.64. The van der Waals surface area contributed by atoms with Gasteiger partial charge in [-0.3, -0.25) is 4.90 Å². The molecule has 1 aliphatic heterocycles. The van der Waals surface area contributed by atoms with E-state index in [4.69, 9.17) is 4.74 Å². The van der Waals surface area contributed by atoms with Gasteiger partial charge >= 0.3 is 0 Å². The fraction of sp³-hybridized carbons (Fsp3) is 0.478. The molecule has 1 saturated carbocycles. The third-order valence-corrected chi connectivity index (χ3v) is 6.64. The summed E-state index contributed by atoms with van der Waals surface area (Å²) in [6.07, 6.45) is 12.2. The van der Waals surface area contributed by atoms with Crippen molar-refractivity contribution in [3.63, 3.8) is 0 Å². The first-order chi connectivity index (χ1) is 12.0. The molecule has 25 heavy (non-hydrogen) atoms. The molecular weight excluding hydrogens is 306 g/mol. The molecule has 4 rings (SSSR count). The van der Waals surface area contributed by atoms with Gasteiger partial charge in [0.25, 0.3) is 0 Å². The molecule has 3 unspecified atom stereocenters. The van der Waals surface area contributed by atoms with Crippen LogP contribution < -0.4 is 4.74 Å². The predicted octanol–water partition coefficient (Wildman–Crippen LogP) is 4.76. The minimum absolute atomic E-state index is 0.270. The zero-order valence-corrected chi connectivity index (χ0v) is 15.7. The minimum atomic E-state index is 0.270. The maximum atomic E-state index is 5.79. The van der Waals surface area contributed by atoms with Crippen LogP contribution in [0.2, 0.25) is 0 Å². The summed E-state index contributed by atoms with van der Waals surface area (Å²) >= 11 is 0. The number of hydrogen-bond donors (Lipinski definition) is 0. The maximum Gasteiger partial charge on any atom is 0.122 e. The van der Waals surface area contributed by atoms with Crippen LogP contribution in [0.5, 0.6) is 5.75 Å². The molecule has 1 saturated heterocycles. The van der Waals surface area contributed by atoms with Crippen LogP contribution >= 0.6 is 0 Å². The van der Waals surface area contributed by atoms with E-state index < -0.39 is 0 Å². The Hall–Kier alpha value is -1.80. The van der Waals surface area contributed by atoms with Gasteiger partial charge in [-0.05, 0) is 48.8 Å². The van der Waals surface area contributed by atoms with Crippen molar-refractivity contribution >= 4 is 0 Å². The van der Waals surface area contributed by atoms with Crippen molar-refractivity contribution in [2.45, 2.75) is 50.0 Å². The highest BCUT2D eigenvalue weighted by atomic mass is 16.5. The number of rotatable bonds is 5. The Bertz CT molecular complexity index is 761. The van der Waals surface area contributed by atoms with Gasteiger partial charge in [-0.1, -0.05) is 49.9 Å². The van der Waals surface area contributed by atoms with Crippen LogP contribution in [0.4, 0.5) is 0 Å². The first-order valence-corrected chi connectivity index (χ1v) is 9.41. The summed E-state index contributed by atoms with van der Waals surface area (Å²) in [7, 11) is 1.82. The second-order valence-electron chi connectivity index (χ2n) is 8.34. The molecule has 2 heteroatoms. The van der Waals surface area contributed by atoms with Crippen molar-refractivity contribution in [3.8, 4) is 5.75 Å². The van der Waals surface area contributed by atoms with E-state index in [-0.39, 0.29) is 5.41 Å². The van der Waals surface area contributed by atoms with Gasteiger partial charge in [-0.2, -0.15) is 0 Å². The molecule has 1 heterocycles. The smallest absolute Gasteiger partial charge is 0.122 e. The average molecular weight is 335 g/mol. The summed E-state index contributed by atoms with van der Waals surface area (Å²) in [5, 5.41) is 0. The first kappa shape index (κ1) is 16.7. The molecule has 2 nitrogen and oxygen atoms in total. The maximum absolute atomic E-state index is 5.79. The van der Waals surface area contributed by atoms with Crippen LogP contribution in [0.15, 0.2) is 54.7 Å². The van der Waals surface area contributed by atoms with Crippen LogP contribution in [-0.2, 0) is 10.8 Å². The Morgan fingerprint density at radius 2 is 2.24 bits per heavy atom. The van der Waals surface area contributed by atoms with E-state index in [1.54, 1.807) is 5.56 Å². The lowest BCUT2D eigenvalue weighted by Gasteiger charge is -2.36. The van der Waals surface area contributed by atoms with Crippen molar-refractivity contribution in [1.29, 1.82) is 0 Å². The number of fused-ring (bicyclic) bond motifs is 4. The standard InChI is InChI=1S/C23H29NO/c1-5-7-9-17(6-2)14-24-16-23-13-18(24)12-22(3,15-23)19-10-8-11-20(25-4)21(19)23/h5-11,18H,2,12-16H2,1,3-4H3/b7-5-,17-9+. The first-order valence-electron chi connectivity index (χ1n) is 9.41. The molecule has 3 bridgehead atoms. The van der Waals surface area contributed by atoms with Crippen molar-refractivity contribution in [2.75, 3.05) is 20.2 Å². The zero-order valence-electron chi connectivity index (χ0n) is 15.7. The molecule has 2 aliphatic carbocycles. The Kier molecular flexibility index (Phi) is 3.92. The van der Waals surface area contributed by atoms with Crippen LogP contribution in [0, 0.1) is 0 Å². The van der Waals surface area contributed by atoms with E-state index in [0.29, 0.717) is 11.5 Å². The zero-order chi connectivity index (χ0) is 17.7. The van der Waals surface area contributed by atoms with E-state index >= 15 is 0 Å². The van der Waals surface area contributed by atoms with Crippen molar-refractivity contribution in [2.24, 2.45) is 0 Å². The van der Waals surface area contributed by atoms with E-state index in [1.165, 1.54) is 30.4 Å². The van der Waals surface area contributed by atoms with Crippen LogP contribution in [0.1, 0.15) is 44.2 Å². The lowest BCUT2D eigenvalue weighted by Crippen LogP contribution is -2.36. The van der Waals surface area contributed by atoms with Crippen LogP contribution in [0.3, 0.4) is 0 Å². The summed E-state index contributed by atoms with van der Waals surface area (Å²) < 4.78 is 5.79. The number of nitrogens with zero attached hydrogens (tertiary/aromatic N) is 1. The third-order valence-electron chi connectivity index (χ3n) is 6.64. The topological polar surface area (TPSA) is 12.5 Å². The minimum Gasteiger partial charge on any atom is -0.496 e. The Labute approximate surface area is 151 Å². The number of ether oxygens (including phenoxy) is 1. The third kappa shape index (κ3) is 2.42. The number of methoxy groups -OCH3 is 1. The van der Waals surface area contributed by atoms with Gasteiger partial charge < -0.3 is 4.74 Å². The monoisotopic (exact) mass is 335 g/mol. The normalized spacial score (nSPS) is 33.7. The average Bonchev–Trinajstić information content (AvgIpc) is 2.98. The molecule has 0 amide bonds. The largest absolute Gasteiger partial charge is 0.496 e. The molecule has 2 fully saturated rings. The second kappa shape index (κ2) is 5.88. The van der Waals surface area contributed by atoms with Gasteiger partial charge in [0.1, 0.15) is 5.75 Å². The van der Waals surface area contributed by atoms with Crippen molar-refractivity contribution in [1.82, 2.24) is 4.90 Å². The van der Waals surface area contributed by atoms with Crippen LogP contribution in [-0.4, -0.2) is 31.1 Å². The molecule has 1 spiro atoms. The predicted molar refractivity (Wildman–Crippen MR) is 104 cm³/mol. The summed E-state index contributed by atoms with van der Waals surface area (Å²) in [6.45, 7) is 10.7. The SMILES string of the molecule is C=C/C(=C\C=C/C)CN1CC23CC1CC(C)(C2)c1cccc(OC)c13. The molecule has 1 aromatic rings. The second-order valence-corrected chi connectivity index (χ2v) is 8.34. The molecule has 0 N–H and O–H groups in total. The molecule has 0 radical (unpaired) electrons. The van der Waals surface area contributed by atoms with E-state index in [9.17, 15) is 0 Å². The van der Waals surface area contributed by atoms with Gasteiger partial charge in [-0.15, -0.1) is 0 Å². The van der Waals surface area contributed by atoms with E-state index in [0.717, 1.165) is 18.8 Å². The molecule has 1 aromatic carbocycles. The van der Waals surface area contributed by atoms with Gasteiger partial charge in [0.05, 0.1) is 7.11 Å². The fourth-order valence-electron chi connectivity index (χ4n) is 5.88. The van der Waals surface area contributed by atoms with E-state index in [2.05, 4.69) is 61.8 Å². The summed E-state index contributed by atoms with van der Waals surface area (Å²) in [5.41, 5.74) is 4.92. The van der Waals surface area contributed by atoms with Crippen molar-refractivity contribution in [3.05, 3.63) is 65.8 Å². The highest BCUT2D eigenvalue weighted by molar-refractivity contribution is 5.56. The quantitative estimate of drug-likeness (QED) is 0.719.